The maximum atomic E-state index is 12.7. The van der Waals surface area contributed by atoms with E-state index in [-0.39, 0.29) is 12.4 Å². The molecule has 3 rings (SSSR count). The van der Waals surface area contributed by atoms with Gasteiger partial charge >= 0.3 is 11.9 Å². The van der Waals surface area contributed by atoms with Gasteiger partial charge in [-0.25, -0.2) is 9.59 Å². The fourth-order valence-corrected chi connectivity index (χ4v) is 3.20. The second-order valence-electron chi connectivity index (χ2n) is 8.05. The van der Waals surface area contributed by atoms with Crippen molar-refractivity contribution in [1.82, 2.24) is 0 Å². The molecule has 0 radical (unpaired) electrons. The van der Waals surface area contributed by atoms with E-state index in [0.717, 1.165) is 23.8 Å². The first-order valence-electron chi connectivity index (χ1n) is 12.3. The zero-order valence-electron chi connectivity index (χ0n) is 21.8. The molecule has 0 heterocycles. The average Bonchev–Trinajstić information content (AvgIpc) is 2.97. The summed E-state index contributed by atoms with van der Waals surface area (Å²) in [6.45, 7) is 8.20. The molecular formula is C32H30O7. The molecule has 39 heavy (non-hydrogen) atoms. The first kappa shape index (κ1) is 28.6. The minimum atomic E-state index is -0.537. The second-order valence-corrected chi connectivity index (χ2v) is 8.05. The van der Waals surface area contributed by atoms with E-state index in [2.05, 4.69) is 25.0 Å². The number of ether oxygens (including phenoxy) is 5. The van der Waals surface area contributed by atoms with Crippen molar-refractivity contribution in [3.05, 3.63) is 109 Å². The third-order valence-electron chi connectivity index (χ3n) is 5.22. The molecule has 0 atom stereocenters. The van der Waals surface area contributed by atoms with E-state index in [1.165, 1.54) is 7.11 Å². The van der Waals surface area contributed by atoms with Gasteiger partial charge in [0.25, 0.3) is 0 Å². The molecule has 3 aromatic rings. The molecule has 7 nitrogen and oxygen atoms in total. The Labute approximate surface area is 228 Å². The highest BCUT2D eigenvalue weighted by molar-refractivity contribution is 5.91. The van der Waals surface area contributed by atoms with Gasteiger partial charge < -0.3 is 23.7 Å². The number of benzene rings is 3. The van der Waals surface area contributed by atoms with Crippen LogP contribution in [0.25, 0.3) is 0 Å². The molecule has 0 unspecified atom stereocenters. The molecule has 0 aromatic heterocycles. The summed E-state index contributed by atoms with van der Waals surface area (Å²) in [4.78, 5) is 23.7. The lowest BCUT2D eigenvalue weighted by Crippen LogP contribution is -2.09. The molecule has 0 fully saturated rings. The number of rotatable bonds is 13. The van der Waals surface area contributed by atoms with Crippen LogP contribution >= 0.6 is 0 Å². The SMILES string of the molecule is C=CCCOc1ccc(C#Cc2ccc(OC(=O)c3ccc(OCCCOC(=O)C=C)cc3)c(OC)c2)cc1. The standard InChI is InChI=1S/C32H30O7/c1-4-6-20-36-27-15-10-24(11-16-27)8-9-25-12-19-29(30(23-25)35-3)39-32(34)26-13-17-28(18-14-26)37-21-7-22-38-31(33)5-2/h4-5,10-19,23H,1-2,6-7,20-22H2,3H3. The van der Waals surface area contributed by atoms with Crippen molar-refractivity contribution in [1.29, 1.82) is 0 Å². The average molecular weight is 527 g/mol. The Morgan fingerprint density at radius 1 is 0.795 bits per heavy atom. The fourth-order valence-electron chi connectivity index (χ4n) is 3.20. The Morgan fingerprint density at radius 2 is 1.44 bits per heavy atom. The van der Waals surface area contributed by atoms with Gasteiger partial charge in [-0.15, -0.1) is 6.58 Å². The number of esters is 2. The Balaban J connectivity index is 1.55. The lowest BCUT2D eigenvalue weighted by Gasteiger charge is -2.10. The summed E-state index contributed by atoms with van der Waals surface area (Å²) in [6, 6.07) is 19.2. The van der Waals surface area contributed by atoms with Crippen molar-refractivity contribution in [2.75, 3.05) is 26.9 Å². The Bertz CT molecular complexity index is 1330. The fraction of sp³-hybridized carbons (Fsp3) is 0.188. The van der Waals surface area contributed by atoms with E-state index in [9.17, 15) is 9.59 Å². The summed E-state index contributed by atoms with van der Waals surface area (Å²) in [5.74, 6) is 7.22. The number of methoxy groups -OCH3 is 1. The normalized spacial score (nSPS) is 9.87. The van der Waals surface area contributed by atoms with Crippen LogP contribution in [-0.2, 0) is 9.53 Å². The van der Waals surface area contributed by atoms with Crippen LogP contribution in [0.4, 0.5) is 0 Å². The van der Waals surface area contributed by atoms with Crippen molar-refractivity contribution in [2.24, 2.45) is 0 Å². The van der Waals surface area contributed by atoms with Gasteiger partial charge in [0.2, 0.25) is 0 Å². The lowest BCUT2D eigenvalue weighted by molar-refractivity contribution is -0.137. The molecule has 0 bridgehead atoms. The smallest absolute Gasteiger partial charge is 0.343 e. The zero-order valence-corrected chi connectivity index (χ0v) is 21.8. The summed E-state index contributed by atoms with van der Waals surface area (Å²) in [5.41, 5.74) is 1.90. The van der Waals surface area contributed by atoms with Gasteiger partial charge in [-0.2, -0.15) is 0 Å². The largest absolute Gasteiger partial charge is 0.493 e. The number of carbonyl (C=O) groups excluding carboxylic acids is 2. The summed E-state index contributed by atoms with van der Waals surface area (Å²) in [7, 11) is 1.50. The van der Waals surface area contributed by atoms with E-state index in [1.807, 2.05) is 30.3 Å². The molecule has 0 N–H and O–H groups in total. The summed E-state index contributed by atoms with van der Waals surface area (Å²) in [5, 5.41) is 0. The molecule has 0 aliphatic carbocycles. The van der Waals surface area contributed by atoms with E-state index < -0.39 is 11.9 Å². The van der Waals surface area contributed by atoms with E-state index in [4.69, 9.17) is 23.7 Å². The zero-order chi connectivity index (χ0) is 27.9. The van der Waals surface area contributed by atoms with Gasteiger partial charge in [0.05, 0.1) is 32.5 Å². The summed E-state index contributed by atoms with van der Waals surface area (Å²) < 4.78 is 27.1. The van der Waals surface area contributed by atoms with Gasteiger partial charge in [0.1, 0.15) is 11.5 Å². The molecule has 0 saturated carbocycles. The third kappa shape index (κ3) is 9.45. The van der Waals surface area contributed by atoms with Crippen molar-refractivity contribution in [2.45, 2.75) is 12.8 Å². The first-order chi connectivity index (χ1) is 19.0. The molecule has 0 spiro atoms. The summed E-state index contributed by atoms with van der Waals surface area (Å²) >= 11 is 0. The minimum Gasteiger partial charge on any atom is -0.493 e. The minimum absolute atomic E-state index is 0.237. The summed E-state index contributed by atoms with van der Waals surface area (Å²) in [6.07, 6.45) is 4.24. The predicted octanol–water partition coefficient (Wildman–Crippen LogP) is 5.77. The van der Waals surface area contributed by atoms with Crippen LogP contribution in [-0.4, -0.2) is 38.9 Å². The van der Waals surface area contributed by atoms with Crippen molar-refractivity contribution in [3.8, 4) is 34.8 Å². The monoisotopic (exact) mass is 526 g/mol. The van der Waals surface area contributed by atoms with Gasteiger partial charge in [-0.1, -0.05) is 24.5 Å². The van der Waals surface area contributed by atoms with Crippen LogP contribution < -0.4 is 18.9 Å². The highest BCUT2D eigenvalue weighted by atomic mass is 16.6. The third-order valence-corrected chi connectivity index (χ3v) is 5.22. The lowest BCUT2D eigenvalue weighted by atomic mass is 10.1. The van der Waals surface area contributed by atoms with Gasteiger partial charge in [0, 0.05) is 23.6 Å². The molecule has 7 heteroatoms. The molecule has 3 aromatic carbocycles. The van der Waals surface area contributed by atoms with Crippen LogP contribution in [0, 0.1) is 11.8 Å². The Morgan fingerprint density at radius 3 is 2.10 bits per heavy atom. The molecule has 0 amide bonds. The first-order valence-corrected chi connectivity index (χ1v) is 12.3. The predicted molar refractivity (Wildman–Crippen MR) is 148 cm³/mol. The van der Waals surface area contributed by atoms with Gasteiger partial charge in [-0.3, -0.25) is 0 Å². The second kappa shape index (κ2) is 15.3. The molecule has 0 aliphatic rings. The highest BCUT2D eigenvalue weighted by Crippen LogP contribution is 2.29. The number of hydrogen-bond donors (Lipinski definition) is 0. The van der Waals surface area contributed by atoms with E-state index in [0.29, 0.717) is 42.3 Å². The van der Waals surface area contributed by atoms with Crippen LogP contribution in [0.15, 0.2) is 92.0 Å². The van der Waals surface area contributed by atoms with E-state index >= 15 is 0 Å². The van der Waals surface area contributed by atoms with Crippen LogP contribution in [0.5, 0.6) is 23.0 Å². The molecule has 200 valence electrons. The maximum absolute atomic E-state index is 12.7. The topological polar surface area (TPSA) is 80.3 Å². The van der Waals surface area contributed by atoms with Crippen LogP contribution in [0.3, 0.4) is 0 Å². The molecule has 0 aliphatic heterocycles. The van der Waals surface area contributed by atoms with Crippen molar-refractivity contribution < 1.29 is 33.3 Å². The Hall–Kier alpha value is -4.96. The van der Waals surface area contributed by atoms with Crippen LogP contribution in [0.2, 0.25) is 0 Å². The van der Waals surface area contributed by atoms with Crippen molar-refractivity contribution >= 4 is 11.9 Å². The number of hydrogen-bond acceptors (Lipinski definition) is 7. The molecule has 0 saturated heterocycles. The highest BCUT2D eigenvalue weighted by Gasteiger charge is 2.13. The van der Waals surface area contributed by atoms with Crippen molar-refractivity contribution in [3.63, 3.8) is 0 Å². The quantitative estimate of drug-likeness (QED) is 0.0699. The maximum Gasteiger partial charge on any atom is 0.343 e. The Kier molecular flexibility index (Phi) is 11.2. The van der Waals surface area contributed by atoms with Crippen LogP contribution in [0.1, 0.15) is 34.3 Å². The van der Waals surface area contributed by atoms with Gasteiger partial charge in [-0.05, 0) is 73.2 Å². The van der Waals surface area contributed by atoms with Gasteiger partial charge in [0.15, 0.2) is 11.5 Å². The number of carbonyl (C=O) groups is 2. The van der Waals surface area contributed by atoms with E-state index in [1.54, 1.807) is 42.5 Å². The molecular weight excluding hydrogens is 496 g/mol.